The standard InChI is InChI=1S/C4H7Cl3OS/c1-2-3-8-9-4(5,6)7/h2-3H2,1H3. The molecule has 0 aliphatic carbocycles. The van der Waals surface area contributed by atoms with Gasteiger partial charge in [-0.1, -0.05) is 41.7 Å². The van der Waals surface area contributed by atoms with Gasteiger partial charge in [0, 0.05) is 12.0 Å². The van der Waals surface area contributed by atoms with Crippen molar-refractivity contribution in [2.24, 2.45) is 0 Å². The molecule has 0 amide bonds. The molecule has 5 heteroatoms. The van der Waals surface area contributed by atoms with Gasteiger partial charge in [0.25, 0.3) is 3.12 Å². The maximum Gasteiger partial charge on any atom is 0.262 e. The molecule has 0 saturated carbocycles. The molecule has 56 valence electrons. The number of halogens is 3. The third-order valence-electron chi connectivity index (χ3n) is 0.441. The first kappa shape index (κ1) is 10.2. The van der Waals surface area contributed by atoms with Crippen molar-refractivity contribution in [1.29, 1.82) is 0 Å². The van der Waals surface area contributed by atoms with Crippen LogP contribution >= 0.6 is 46.8 Å². The van der Waals surface area contributed by atoms with E-state index < -0.39 is 3.12 Å². The Kier molecular flexibility index (Phi) is 5.56. The molecule has 0 spiro atoms. The molecule has 0 N–H and O–H groups in total. The fourth-order valence-electron chi connectivity index (χ4n) is 0.192. The summed E-state index contributed by atoms with van der Waals surface area (Å²) >= 11 is 16.9. The fraction of sp³-hybridized carbons (Fsp3) is 1.00. The summed E-state index contributed by atoms with van der Waals surface area (Å²) in [4.78, 5) is 0. The first-order valence-corrected chi connectivity index (χ1v) is 4.31. The van der Waals surface area contributed by atoms with E-state index in [1.54, 1.807) is 0 Å². The van der Waals surface area contributed by atoms with Crippen LogP contribution in [0.2, 0.25) is 0 Å². The van der Waals surface area contributed by atoms with Crippen LogP contribution in [0.3, 0.4) is 0 Å². The van der Waals surface area contributed by atoms with Crippen molar-refractivity contribution >= 4 is 46.8 Å². The van der Waals surface area contributed by atoms with Gasteiger partial charge in [0.05, 0.1) is 6.61 Å². The lowest BCUT2D eigenvalue weighted by atomic mass is 10.5. The van der Waals surface area contributed by atoms with Crippen LogP contribution in [-0.4, -0.2) is 9.73 Å². The zero-order valence-electron chi connectivity index (χ0n) is 4.86. The zero-order chi connectivity index (χ0) is 7.33. The van der Waals surface area contributed by atoms with Gasteiger partial charge in [-0.05, 0) is 6.42 Å². The van der Waals surface area contributed by atoms with Crippen LogP contribution in [0.4, 0.5) is 0 Å². The van der Waals surface area contributed by atoms with Crippen molar-refractivity contribution in [3.05, 3.63) is 0 Å². The molecular formula is C4H7Cl3OS. The van der Waals surface area contributed by atoms with Crippen molar-refractivity contribution in [3.63, 3.8) is 0 Å². The van der Waals surface area contributed by atoms with Crippen LogP contribution in [0.5, 0.6) is 0 Å². The number of alkyl halides is 3. The Morgan fingerprint density at radius 1 is 1.44 bits per heavy atom. The molecule has 0 radical (unpaired) electrons. The van der Waals surface area contributed by atoms with Gasteiger partial charge < -0.3 is 4.18 Å². The van der Waals surface area contributed by atoms with Crippen LogP contribution in [0.1, 0.15) is 13.3 Å². The Morgan fingerprint density at radius 2 is 2.00 bits per heavy atom. The topological polar surface area (TPSA) is 9.23 Å². The largest absolute Gasteiger partial charge is 0.311 e. The summed E-state index contributed by atoms with van der Waals surface area (Å²) in [6.07, 6.45) is 0.924. The summed E-state index contributed by atoms with van der Waals surface area (Å²) in [6.45, 7) is 2.59. The number of hydrogen-bond acceptors (Lipinski definition) is 2. The fourth-order valence-corrected chi connectivity index (χ4v) is 0.976. The molecule has 0 aromatic carbocycles. The Morgan fingerprint density at radius 3 is 2.33 bits per heavy atom. The summed E-state index contributed by atoms with van der Waals surface area (Å²) in [6, 6.07) is 0. The highest BCUT2D eigenvalue weighted by Crippen LogP contribution is 2.39. The average molecular weight is 210 g/mol. The lowest BCUT2D eigenvalue weighted by Crippen LogP contribution is -1.96. The molecule has 1 nitrogen and oxygen atoms in total. The Hall–Kier alpha value is 1.18. The van der Waals surface area contributed by atoms with Crippen molar-refractivity contribution in [1.82, 2.24) is 0 Å². The minimum absolute atomic E-state index is 0.610. The molecule has 0 bridgehead atoms. The van der Waals surface area contributed by atoms with E-state index in [9.17, 15) is 0 Å². The Labute approximate surface area is 74.2 Å². The third kappa shape index (κ3) is 9.18. The van der Waals surface area contributed by atoms with Crippen LogP contribution in [0.15, 0.2) is 0 Å². The predicted octanol–water partition coefficient (Wildman–Crippen LogP) is 3.39. The van der Waals surface area contributed by atoms with E-state index in [1.165, 1.54) is 0 Å². The smallest absolute Gasteiger partial charge is 0.262 e. The van der Waals surface area contributed by atoms with Gasteiger partial charge in [0.15, 0.2) is 0 Å². The maximum atomic E-state index is 5.34. The van der Waals surface area contributed by atoms with Gasteiger partial charge in [0.2, 0.25) is 0 Å². The summed E-state index contributed by atoms with van der Waals surface area (Å²) in [5, 5.41) is 0. The van der Waals surface area contributed by atoms with Crippen LogP contribution in [0, 0.1) is 0 Å². The Balaban J connectivity index is 3.07. The van der Waals surface area contributed by atoms with E-state index in [-0.39, 0.29) is 0 Å². The zero-order valence-corrected chi connectivity index (χ0v) is 7.95. The minimum atomic E-state index is -1.34. The molecule has 0 aliphatic heterocycles. The number of hydrogen-bond donors (Lipinski definition) is 0. The van der Waals surface area contributed by atoms with E-state index in [1.807, 2.05) is 6.92 Å². The SMILES string of the molecule is CCCOSC(Cl)(Cl)Cl. The normalized spacial score (nSPS) is 12.0. The molecule has 0 unspecified atom stereocenters. The van der Waals surface area contributed by atoms with Crippen molar-refractivity contribution < 1.29 is 4.18 Å². The molecule has 9 heavy (non-hydrogen) atoms. The summed E-state index contributed by atoms with van der Waals surface area (Å²) in [5.74, 6) is 0. The monoisotopic (exact) mass is 208 g/mol. The molecule has 0 heterocycles. The van der Waals surface area contributed by atoms with Gasteiger partial charge in [-0.25, -0.2) is 0 Å². The highest BCUT2D eigenvalue weighted by atomic mass is 35.6. The van der Waals surface area contributed by atoms with Gasteiger partial charge >= 0.3 is 0 Å². The van der Waals surface area contributed by atoms with Crippen molar-refractivity contribution in [2.45, 2.75) is 16.5 Å². The van der Waals surface area contributed by atoms with E-state index in [2.05, 4.69) is 0 Å². The van der Waals surface area contributed by atoms with Crippen LogP contribution < -0.4 is 0 Å². The van der Waals surface area contributed by atoms with Gasteiger partial charge in [-0.2, -0.15) is 0 Å². The molecule has 0 fully saturated rings. The Bertz CT molecular complexity index is 72.7. The second kappa shape index (κ2) is 4.91. The quantitative estimate of drug-likeness (QED) is 0.400. The maximum absolute atomic E-state index is 5.34. The highest BCUT2D eigenvalue weighted by Gasteiger charge is 2.20. The molecular weight excluding hydrogens is 202 g/mol. The van der Waals surface area contributed by atoms with Gasteiger partial charge in [0.1, 0.15) is 0 Å². The average Bonchev–Trinajstić information content (AvgIpc) is 1.63. The lowest BCUT2D eigenvalue weighted by molar-refractivity contribution is 0.373. The second-order valence-electron chi connectivity index (χ2n) is 1.35. The van der Waals surface area contributed by atoms with Crippen molar-refractivity contribution in [2.75, 3.05) is 6.61 Å². The molecule has 0 rings (SSSR count). The van der Waals surface area contributed by atoms with E-state index in [0.29, 0.717) is 6.61 Å². The van der Waals surface area contributed by atoms with Crippen molar-refractivity contribution in [3.8, 4) is 0 Å². The first-order valence-electron chi connectivity index (χ1n) is 2.43. The molecule has 0 saturated heterocycles. The summed E-state index contributed by atoms with van der Waals surface area (Å²) < 4.78 is 3.53. The number of rotatable bonds is 3. The van der Waals surface area contributed by atoms with Crippen LogP contribution in [-0.2, 0) is 4.18 Å². The molecule has 0 atom stereocenters. The second-order valence-corrected chi connectivity index (χ2v) is 5.32. The molecule has 0 aliphatic rings. The molecule has 0 aromatic heterocycles. The van der Waals surface area contributed by atoms with E-state index >= 15 is 0 Å². The summed E-state index contributed by atoms with van der Waals surface area (Å²) in [5.41, 5.74) is 0. The first-order chi connectivity index (χ1) is 4.06. The lowest BCUT2D eigenvalue weighted by Gasteiger charge is -2.07. The van der Waals surface area contributed by atoms with Gasteiger partial charge in [-0.3, -0.25) is 0 Å². The van der Waals surface area contributed by atoms with Crippen LogP contribution in [0.25, 0.3) is 0 Å². The highest BCUT2D eigenvalue weighted by molar-refractivity contribution is 8.00. The predicted molar refractivity (Wildman–Crippen MR) is 44.1 cm³/mol. The van der Waals surface area contributed by atoms with E-state index in [0.717, 1.165) is 18.5 Å². The van der Waals surface area contributed by atoms with E-state index in [4.69, 9.17) is 39.0 Å². The molecule has 0 aromatic rings. The van der Waals surface area contributed by atoms with Gasteiger partial charge in [-0.15, -0.1) is 0 Å². The minimum Gasteiger partial charge on any atom is -0.311 e. The summed E-state index contributed by atoms with van der Waals surface area (Å²) in [7, 11) is 0. The third-order valence-corrected chi connectivity index (χ3v) is 1.48.